The van der Waals surface area contributed by atoms with Crippen LogP contribution in [0.5, 0.6) is 0 Å². The van der Waals surface area contributed by atoms with Crippen molar-refractivity contribution >= 4 is 40.9 Å². The fourth-order valence-electron chi connectivity index (χ4n) is 2.27. The summed E-state index contributed by atoms with van der Waals surface area (Å²) < 4.78 is 26.3. The third kappa shape index (κ3) is 3.23. The second-order valence-corrected chi connectivity index (χ2v) is 6.64. The Morgan fingerprint density at radius 3 is 2.39 bits per heavy atom. The van der Waals surface area contributed by atoms with Gasteiger partial charge in [0, 0.05) is 22.4 Å². The van der Waals surface area contributed by atoms with Crippen LogP contribution in [0.25, 0.3) is 0 Å². The maximum absolute atomic E-state index is 13.3. The Kier molecular flexibility index (Phi) is 4.37. The Bertz CT molecular complexity index is 782. The van der Waals surface area contributed by atoms with Crippen LogP contribution in [0.3, 0.4) is 0 Å². The molecule has 0 spiro atoms. The highest BCUT2D eigenvalue weighted by atomic mass is 35.5. The van der Waals surface area contributed by atoms with Gasteiger partial charge in [0.05, 0.1) is 10.9 Å². The summed E-state index contributed by atoms with van der Waals surface area (Å²) >= 11 is 7.05. The van der Waals surface area contributed by atoms with Crippen LogP contribution in [0, 0.1) is 11.6 Å². The zero-order valence-electron chi connectivity index (χ0n) is 11.6. The molecular weight excluding hydrogens is 344 g/mol. The van der Waals surface area contributed by atoms with Crippen molar-refractivity contribution in [2.24, 2.45) is 0 Å². The third-order valence-electron chi connectivity index (χ3n) is 3.36. The van der Waals surface area contributed by atoms with Gasteiger partial charge in [0.2, 0.25) is 11.8 Å². The molecule has 2 amide bonds. The number of nitrogens with zero attached hydrogens (tertiary/aromatic N) is 1. The van der Waals surface area contributed by atoms with Crippen molar-refractivity contribution in [1.82, 2.24) is 0 Å². The molecule has 0 bridgehead atoms. The quantitative estimate of drug-likeness (QED) is 0.781. The zero-order valence-corrected chi connectivity index (χ0v) is 13.2. The lowest BCUT2D eigenvalue weighted by molar-refractivity contribution is -0.121. The van der Waals surface area contributed by atoms with Crippen molar-refractivity contribution in [3.63, 3.8) is 0 Å². The molecule has 2 aromatic carbocycles. The molecule has 1 saturated heterocycles. The number of carbonyl (C=O) groups is 2. The van der Waals surface area contributed by atoms with Gasteiger partial charge in [-0.3, -0.25) is 9.59 Å². The SMILES string of the molecule is O=C1C[C@H](Sc2ccc(Cl)cc2)C(=O)N1c1ccc(F)c(F)c1. The zero-order chi connectivity index (χ0) is 16.6. The number of hydrogen-bond donors (Lipinski definition) is 0. The van der Waals surface area contributed by atoms with Gasteiger partial charge in [0.1, 0.15) is 0 Å². The molecule has 1 aliphatic heterocycles. The Hall–Kier alpha value is -1.92. The topological polar surface area (TPSA) is 37.4 Å². The van der Waals surface area contributed by atoms with Crippen molar-refractivity contribution in [2.75, 3.05) is 4.90 Å². The van der Waals surface area contributed by atoms with Crippen LogP contribution in [0.1, 0.15) is 6.42 Å². The standard InChI is InChI=1S/C16H10ClF2NO2S/c17-9-1-4-11(5-2-9)23-14-8-15(21)20(16(14)22)10-3-6-12(18)13(19)7-10/h1-7,14H,8H2/t14-/m0/s1. The largest absolute Gasteiger partial charge is 0.274 e. The summed E-state index contributed by atoms with van der Waals surface area (Å²) in [6, 6.07) is 9.85. The Morgan fingerprint density at radius 1 is 1.04 bits per heavy atom. The van der Waals surface area contributed by atoms with Gasteiger partial charge in [-0.2, -0.15) is 0 Å². The number of carbonyl (C=O) groups excluding carboxylic acids is 2. The van der Waals surface area contributed by atoms with Crippen molar-refractivity contribution in [2.45, 2.75) is 16.6 Å². The first kappa shape index (κ1) is 16.0. The number of halogens is 3. The van der Waals surface area contributed by atoms with E-state index in [4.69, 9.17) is 11.6 Å². The van der Waals surface area contributed by atoms with Crippen LogP contribution in [0.2, 0.25) is 5.02 Å². The molecule has 0 saturated carbocycles. The van der Waals surface area contributed by atoms with Gasteiger partial charge in [-0.15, -0.1) is 11.8 Å². The van der Waals surface area contributed by atoms with E-state index in [9.17, 15) is 18.4 Å². The number of thioether (sulfide) groups is 1. The predicted octanol–water partition coefficient (Wildman–Crippen LogP) is 4.04. The molecule has 1 atom stereocenters. The molecule has 3 rings (SSSR count). The van der Waals surface area contributed by atoms with Crippen LogP contribution < -0.4 is 4.90 Å². The summed E-state index contributed by atoms with van der Waals surface area (Å²) in [5.74, 6) is -3.01. The molecule has 2 aromatic rings. The molecule has 118 valence electrons. The van der Waals surface area contributed by atoms with Gasteiger partial charge in [-0.05, 0) is 36.4 Å². The third-order valence-corrected chi connectivity index (χ3v) is 4.81. The molecule has 0 aliphatic carbocycles. The molecule has 1 fully saturated rings. The van der Waals surface area contributed by atoms with Crippen LogP contribution in [-0.2, 0) is 9.59 Å². The van der Waals surface area contributed by atoms with Gasteiger partial charge in [-0.1, -0.05) is 11.6 Å². The molecule has 0 aromatic heterocycles. The lowest BCUT2D eigenvalue weighted by Gasteiger charge is -2.15. The molecule has 1 heterocycles. The Morgan fingerprint density at radius 2 is 1.74 bits per heavy atom. The number of amides is 2. The van der Waals surface area contributed by atoms with E-state index in [-0.39, 0.29) is 12.1 Å². The number of imide groups is 1. The summed E-state index contributed by atoms with van der Waals surface area (Å²) in [5, 5.41) is -0.0246. The normalized spacial score (nSPS) is 17.9. The van der Waals surface area contributed by atoms with Crippen molar-refractivity contribution in [3.05, 3.63) is 59.1 Å². The highest BCUT2D eigenvalue weighted by Gasteiger charge is 2.40. The average molecular weight is 354 g/mol. The van der Waals surface area contributed by atoms with Crippen molar-refractivity contribution in [1.29, 1.82) is 0 Å². The van der Waals surface area contributed by atoms with E-state index in [1.807, 2.05) is 0 Å². The predicted molar refractivity (Wildman–Crippen MR) is 84.6 cm³/mol. The molecule has 1 aliphatic rings. The molecule has 23 heavy (non-hydrogen) atoms. The Labute approximate surface area is 140 Å². The molecule has 0 unspecified atom stereocenters. The molecular formula is C16H10ClF2NO2S. The van der Waals surface area contributed by atoms with E-state index in [1.54, 1.807) is 24.3 Å². The van der Waals surface area contributed by atoms with Gasteiger partial charge in [0.15, 0.2) is 11.6 Å². The maximum Gasteiger partial charge on any atom is 0.247 e. The summed E-state index contributed by atoms with van der Waals surface area (Å²) in [6.07, 6.45) is 0.00508. The van der Waals surface area contributed by atoms with Crippen LogP contribution in [0.4, 0.5) is 14.5 Å². The highest BCUT2D eigenvalue weighted by Crippen LogP contribution is 2.34. The fourth-order valence-corrected chi connectivity index (χ4v) is 3.45. The second kappa shape index (κ2) is 6.29. The van der Waals surface area contributed by atoms with Gasteiger partial charge in [-0.25, -0.2) is 13.7 Å². The summed E-state index contributed by atoms with van der Waals surface area (Å²) in [5.41, 5.74) is 0.0399. The monoisotopic (exact) mass is 353 g/mol. The molecule has 3 nitrogen and oxygen atoms in total. The average Bonchev–Trinajstić information content (AvgIpc) is 2.79. The molecule has 0 radical (unpaired) electrons. The van der Waals surface area contributed by atoms with Crippen LogP contribution >= 0.6 is 23.4 Å². The highest BCUT2D eigenvalue weighted by molar-refractivity contribution is 8.00. The van der Waals surface area contributed by atoms with E-state index >= 15 is 0 Å². The number of benzene rings is 2. The molecule has 0 N–H and O–H groups in total. The first-order chi connectivity index (χ1) is 11.0. The summed E-state index contributed by atoms with van der Waals surface area (Å²) in [7, 11) is 0. The first-order valence-corrected chi connectivity index (χ1v) is 7.95. The first-order valence-electron chi connectivity index (χ1n) is 6.70. The van der Waals surface area contributed by atoms with Crippen LogP contribution in [0.15, 0.2) is 47.4 Å². The van der Waals surface area contributed by atoms with Gasteiger partial charge in [0.25, 0.3) is 0 Å². The Balaban J connectivity index is 1.82. The smallest absolute Gasteiger partial charge is 0.247 e. The summed E-state index contributed by atoms with van der Waals surface area (Å²) in [4.78, 5) is 26.2. The second-order valence-electron chi connectivity index (χ2n) is 4.93. The fraction of sp³-hybridized carbons (Fsp3) is 0.125. The van der Waals surface area contributed by atoms with Gasteiger partial charge < -0.3 is 0 Å². The van der Waals surface area contributed by atoms with E-state index in [0.717, 1.165) is 21.9 Å². The minimum atomic E-state index is -1.10. The number of hydrogen-bond acceptors (Lipinski definition) is 3. The van der Waals surface area contributed by atoms with Crippen molar-refractivity contribution < 1.29 is 18.4 Å². The van der Waals surface area contributed by atoms with Crippen LogP contribution in [-0.4, -0.2) is 17.1 Å². The van der Waals surface area contributed by atoms with E-state index < -0.39 is 28.7 Å². The minimum Gasteiger partial charge on any atom is -0.274 e. The number of anilines is 1. The van der Waals surface area contributed by atoms with E-state index in [0.29, 0.717) is 5.02 Å². The minimum absolute atomic E-state index is 0.00508. The summed E-state index contributed by atoms with van der Waals surface area (Å²) in [6.45, 7) is 0. The maximum atomic E-state index is 13.3. The molecule has 7 heteroatoms. The van der Waals surface area contributed by atoms with E-state index in [1.165, 1.54) is 17.8 Å². The lowest BCUT2D eigenvalue weighted by atomic mass is 10.3. The van der Waals surface area contributed by atoms with Gasteiger partial charge >= 0.3 is 0 Å². The van der Waals surface area contributed by atoms with Crippen molar-refractivity contribution in [3.8, 4) is 0 Å². The van der Waals surface area contributed by atoms with E-state index in [2.05, 4.69) is 0 Å². The number of rotatable bonds is 3. The lowest BCUT2D eigenvalue weighted by Crippen LogP contribution is -2.31.